The van der Waals surface area contributed by atoms with Crippen LogP contribution in [0.15, 0.2) is 12.1 Å². The second-order valence-corrected chi connectivity index (χ2v) is 4.05. The van der Waals surface area contributed by atoms with Crippen molar-refractivity contribution in [1.82, 2.24) is 10.3 Å². The van der Waals surface area contributed by atoms with Gasteiger partial charge in [-0.1, -0.05) is 0 Å². The third-order valence-electron chi connectivity index (χ3n) is 2.70. The van der Waals surface area contributed by atoms with Crippen LogP contribution in [0.3, 0.4) is 0 Å². The van der Waals surface area contributed by atoms with E-state index >= 15 is 0 Å². The summed E-state index contributed by atoms with van der Waals surface area (Å²) in [5.74, 6) is 0.155. The Labute approximate surface area is 94.4 Å². The molecule has 2 rings (SSSR count). The fraction of sp³-hybridized carbons (Fsp3) is 0.455. The summed E-state index contributed by atoms with van der Waals surface area (Å²) in [4.78, 5) is 15.6. The van der Waals surface area contributed by atoms with Gasteiger partial charge in [-0.2, -0.15) is 0 Å². The number of aryl methyl sites for hydroxylation is 1. The highest BCUT2D eigenvalue weighted by Gasteiger charge is 2.17. The molecule has 1 aromatic rings. The predicted octanol–water partition coefficient (Wildman–Crippen LogP) is 0.263. The molecule has 16 heavy (non-hydrogen) atoms. The van der Waals surface area contributed by atoms with Crippen LogP contribution < -0.4 is 16.4 Å². The first-order chi connectivity index (χ1) is 7.66. The van der Waals surface area contributed by atoms with Crippen LogP contribution in [0.25, 0.3) is 0 Å². The van der Waals surface area contributed by atoms with Gasteiger partial charge >= 0.3 is 0 Å². The quantitative estimate of drug-likeness (QED) is 0.682. The zero-order valence-electron chi connectivity index (χ0n) is 9.29. The second-order valence-electron chi connectivity index (χ2n) is 4.05. The molecule has 5 heteroatoms. The lowest BCUT2D eigenvalue weighted by atomic mass is 10.2. The van der Waals surface area contributed by atoms with Gasteiger partial charge in [0.25, 0.3) is 5.91 Å². The Balaban J connectivity index is 2.22. The normalized spacial score (nSPS) is 19.7. The van der Waals surface area contributed by atoms with Crippen LogP contribution in [0.1, 0.15) is 22.5 Å². The maximum absolute atomic E-state index is 11.2. The average molecular weight is 220 g/mol. The molecule has 1 aromatic heterocycles. The molecule has 0 spiro atoms. The van der Waals surface area contributed by atoms with E-state index in [4.69, 9.17) is 5.73 Å². The highest BCUT2D eigenvalue weighted by molar-refractivity contribution is 5.97. The maximum atomic E-state index is 11.2. The number of aromatic nitrogens is 1. The molecule has 0 aromatic carbocycles. The van der Waals surface area contributed by atoms with Crippen LogP contribution in [-0.2, 0) is 0 Å². The highest BCUT2D eigenvalue weighted by Crippen LogP contribution is 2.15. The van der Waals surface area contributed by atoms with Crippen molar-refractivity contribution in [3.63, 3.8) is 0 Å². The summed E-state index contributed by atoms with van der Waals surface area (Å²) in [6.07, 6.45) is 1.04. The summed E-state index contributed by atoms with van der Waals surface area (Å²) in [6, 6.07) is 3.83. The minimum Gasteiger partial charge on any atom is -0.365 e. The van der Waals surface area contributed by atoms with E-state index in [1.54, 1.807) is 12.1 Å². The zero-order chi connectivity index (χ0) is 11.5. The fourth-order valence-corrected chi connectivity index (χ4v) is 1.84. The Morgan fingerprint density at radius 1 is 1.62 bits per heavy atom. The molecule has 0 bridgehead atoms. The van der Waals surface area contributed by atoms with Crippen LogP contribution in [0.2, 0.25) is 0 Å². The van der Waals surface area contributed by atoms with E-state index in [0.29, 0.717) is 17.4 Å². The van der Waals surface area contributed by atoms with E-state index in [2.05, 4.69) is 15.6 Å². The summed E-state index contributed by atoms with van der Waals surface area (Å²) in [6.45, 7) is 3.78. The molecule has 0 aliphatic carbocycles. The van der Waals surface area contributed by atoms with Gasteiger partial charge in [-0.15, -0.1) is 0 Å². The molecule has 1 amide bonds. The topological polar surface area (TPSA) is 80.0 Å². The molecular weight excluding hydrogens is 204 g/mol. The minimum absolute atomic E-state index is 0.326. The van der Waals surface area contributed by atoms with Crippen molar-refractivity contribution < 1.29 is 4.79 Å². The molecule has 1 fully saturated rings. The molecule has 1 aliphatic heterocycles. The molecule has 5 nitrogen and oxygen atoms in total. The van der Waals surface area contributed by atoms with Gasteiger partial charge in [0.05, 0.1) is 5.56 Å². The lowest BCUT2D eigenvalue weighted by Gasteiger charge is -2.14. The Hall–Kier alpha value is -1.62. The number of pyridine rings is 1. The number of nitrogens with zero attached hydrogens (tertiary/aromatic N) is 1. The molecule has 1 atom stereocenters. The SMILES string of the molecule is Cc1ccc(C(N)=O)c(NC2CCNC2)n1. The van der Waals surface area contributed by atoms with Crippen molar-refractivity contribution in [3.8, 4) is 0 Å². The van der Waals surface area contributed by atoms with Gasteiger partial charge in [0.15, 0.2) is 0 Å². The van der Waals surface area contributed by atoms with Crippen molar-refractivity contribution in [2.75, 3.05) is 18.4 Å². The van der Waals surface area contributed by atoms with Crippen LogP contribution in [0.5, 0.6) is 0 Å². The molecule has 1 saturated heterocycles. The maximum Gasteiger partial charge on any atom is 0.252 e. The summed E-state index contributed by atoms with van der Waals surface area (Å²) in [7, 11) is 0. The number of nitrogens with two attached hydrogens (primary N) is 1. The van der Waals surface area contributed by atoms with Crippen molar-refractivity contribution >= 4 is 11.7 Å². The summed E-state index contributed by atoms with van der Waals surface area (Å²) < 4.78 is 0. The number of primary amides is 1. The lowest BCUT2D eigenvalue weighted by molar-refractivity contribution is 0.100. The van der Waals surface area contributed by atoms with Crippen LogP contribution >= 0.6 is 0 Å². The van der Waals surface area contributed by atoms with Crippen LogP contribution in [0, 0.1) is 6.92 Å². The van der Waals surface area contributed by atoms with Gasteiger partial charge in [0.2, 0.25) is 0 Å². The number of nitrogens with one attached hydrogen (secondary N) is 2. The molecule has 1 unspecified atom stereocenters. The summed E-state index contributed by atoms with van der Waals surface area (Å²) in [5, 5.41) is 6.51. The fourth-order valence-electron chi connectivity index (χ4n) is 1.84. The molecule has 4 N–H and O–H groups in total. The third-order valence-corrected chi connectivity index (χ3v) is 2.70. The first-order valence-electron chi connectivity index (χ1n) is 5.41. The van der Waals surface area contributed by atoms with Gasteiger partial charge in [0, 0.05) is 18.3 Å². The number of amides is 1. The van der Waals surface area contributed by atoms with Gasteiger partial charge in [-0.05, 0) is 32.0 Å². The first-order valence-corrected chi connectivity index (χ1v) is 5.41. The summed E-state index contributed by atoms with van der Waals surface area (Å²) >= 11 is 0. The molecule has 86 valence electrons. The third kappa shape index (κ3) is 2.30. The second kappa shape index (κ2) is 4.49. The van der Waals surface area contributed by atoms with Crippen molar-refractivity contribution in [1.29, 1.82) is 0 Å². The van der Waals surface area contributed by atoms with Crippen molar-refractivity contribution in [2.45, 2.75) is 19.4 Å². The van der Waals surface area contributed by atoms with E-state index in [0.717, 1.165) is 25.2 Å². The number of anilines is 1. The number of hydrogen-bond donors (Lipinski definition) is 3. The average Bonchev–Trinajstić information content (AvgIpc) is 2.70. The van der Waals surface area contributed by atoms with Crippen molar-refractivity contribution in [3.05, 3.63) is 23.4 Å². The van der Waals surface area contributed by atoms with Crippen LogP contribution in [0.4, 0.5) is 5.82 Å². The van der Waals surface area contributed by atoms with Crippen LogP contribution in [-0.4, -0.2) is 30.0 Å². The Bertz CT molecular complexity index is 399. The molecule has 0 saturated carbocycles. The highest BCUT2D eigenvalue weighted by atomic mass is 16.1. The molecule has 0 radical (unpaired) electrons. The van der Waals surface area contributed by atoms with Gasteiger partial charge < -0.3 is 16.4 Å². The van der Waals surface area contributed by atoms with E-state index in [-0.39, 0.29) is 0 Å². The monoisotopic (exact) mass is 220 g/mol. The summed E-state index contributed by atoms with van der Waals surface area (Å²) in [5.41, 5.74) is 6.63. The molecular formula is C11H16N4O. The first kappa shape index (κ1) is 10.9. The van der Waals surface area contributed by atoms with E-state index in [9.17, 15) is 4.79 Å². The number of hydrogen-bond acceptors (Lipinski definition) is 4. The Morgan fingerprint density at radius 3 is 3.06 bits per heavy atom. The van der Waals surface area contributed by atoms with Gasteiger partial charge in [-0.25, -0.2) is 4.98 Å². The number of carbonyl (C=O) groups is 1. The largest absolute Gasteiger partial charge is 0.365 e. The Morgan fingerprint density at radius 2 is 2.44 bits per heavy atom. The van der Waals surface area contributed by atoms with E-state index in [1.165, 1.54) is 0 Å². The van der Waals surface area contributed by atoms with Gasteiger partial charge in [-0.3, -0.25) is 4.79 Å². The van der Waals surface area contributed by atoms with E-state index < -0.39 is 5.91 Å². The van der Waals surface area contributed by atoms with E-state index in [1.807, 2.05) is 6.92 Å². The smallest absolute Gasteiger partial charge is 0.252 e. The number of rotatable bonds is 3. The van der Waals surface area contributed by atoms with Gasteiger partial charge in [0.1, 0.15) is 5.82 Å². The predicted molar refractivity (Wildman–Crippen MR) is 62.4 cm³/mol. The molecule has 1 aliphatic rings. The lowest BCUT2D eigenvalue weighted by Crippen LogP contribution is -2.25. The zero-order valence-corrected chi connectivity index (χ0v) is 9.29. The van der Waals surface area contributed by atoms with Crippen molar-refractivity contribution in [2.24, 2.45) is 5.73 Å². The Kier molecular flexibility index (Phi) is 3.05. The minimum atomic E-state index is -0.444. The number of carbonyl (C=O) groups excluding carboxylic acids is 1. The standard InChI is InChI=1S/C11H16N4O/c1-7-2-3-9(10(12)16)11(14-7)15-8-4-5-13-6-8/h2-3,8,13H,4-6H2,1H3,(H2,12,16)(H,14,15). The molecule has 2 heterocycles.